The van der Waals surface area contributed by atoms with Gasteiger partial charge in [0.2, 0.25) is 0 Å². The van der Waals surface area contributed by atoms with Crippen molar-refractivity contribution in [2.45, 2.75) is 13.0 Å². The first kappa shape index (κ1) is 24.4. The van der Waals surface area contributed by atoms with Crippen molar-refractivity contribution in [3.05, 3.63) is 65.5 Å². The standard InChI is InChI=1S/C25H32FN5O2/c1-27-13-14-31(2)17-20-15-19(7-10-22(20)26)23-16-24(30-25(29-23)33-4)28-12-11-18-5-8-21(32-3)9-6-18/h5-10,15-16,27H,11-14,17H2,1-4H3,(H,28,29,30). The van der Waals surface area contributed by atoms with Crippen molar-refractivity contribution in [3.63, 3.8) is 0 Å². The first-order valence-electron chi connectivity index (χ1n) is 10.9. The molecule has 33 heavy (non-hydrogen) atoms. The zero-order chi connectivity index (χ0) is 23.6. The molecule has 0 spiro atoms. The van der Waals surface area contributed by atoms with E-state index in [1.165, 1.54) is 18.7 Å². The molecule has 0 amide bonds. The number of nitrogens with zero attached hydrogens (tertiary/aromatic N) is 3. The van der Waals surface area contributed by atoms with Gasteiger partial charge in [-0.1, -0.05) is 12.1 Å². The molecule has 0 fully saturated rings. The van der Waals surface area contributed by atoms with E-state index in [4.69, 9.17) is 9.47 Å². The highest BCUT2D eigenvalue weighted by Crippen LogP contribution is 2.25. The average molecular weight is 454 g/mol. The maximum absolute atomic E-state index is 14.4. The summed E-state index contributed by atoms with van der Waals surface area (Å²) in [5.41, 5.74) is 3.30. The quantitative estimate of drug-likeness (QED) is 0.434. The lowest BCUT2D eigenvalue weighted by molar-refractivity contribution is 0.322. The van der Waals surface area contributed by atoms with Gasteiger partial charge < -0.3 is 25.0 Å². The fourth-order valence-electron chi connectivity index (χ4n) is 3.41. The molecule has 0 aliphatic heterocycles. The Bertz CT molecular complexity index is 1030. The molecule has 3 aromatic rings. The van der Waals surface area contributed by atoms with Gasteiger partial charge in [0.25, 0.3) is 0 Å². The van der Waals surface area contributed by atoms with Gasteiger partial charge in [-0.2, -0.15) is 9.97 Å². The number of aromatic nitrogens is 2. The average Bonchev–Trinajstić information content (AvgIpc) is 2.84. The Kier molecular flexibility index (Phi) is 8.97. The van der Waals surface area contributed by atoms with Crippen molar-refractivity contribution >= 4 is 5.82 Å². The molecule has 0 aliphatic carbocycles. The second kappa shape index (κ2) is 12.1. The number of likely N-dealkylation sites (N-methyl/N-ethyl adjacent to an activating group) is 2. The van der Waals surface area contributed by atoms with Crippen molar-refractivity contribution in [1.82, 2.24) is 20.2 Å². The summed E-state index contributed by atoms with van der Waals surface area (Å²) >= 11 is 0. The number of benzene rings is 2. The van der Waals surface area contributed by atoms with Crippen LogP contribution < -0.4 is 20.1 Å². The molecule has 0 saturated heterocycles. The van der Waals surface area contributed by atoms with Crippen molar-refractivity contribution < 1.29 is 13.9 Å². The Morgan fingerprint density at radius 2 is 1.76 bits per heavy atom. The van der Waals surface area contributed by atoms with Crippen molar-refractivity contribution in [2.75, 3.05) is 53.3 Å². The van der Waals surface area contributed by atoms with Gasteiger partial charge in [-0.05, 0) is 56.4 Å². The van der Waals surface area contributed by atoms with Crippen molar-refractivity contribution in [2.24, 2.45) is 0 Å². The minimum Gasteiger partial charge on any atom is -0.497 e. The van der Waals surface area contributed by atoms with Crippen LogP contribution in [0.2, 0.25) is 0 Å². The lowest BCUT2D eigenvalue weighted by atomic mass is 10.1. The lowest BCUT2D eigenvalue weighted by Gasteiger charge is -2.17. The van der Waals surface area contributed by atoms with Gasteiger partial charge in [-0.15, -0.1) is 0 Å². The molecule has 0 atom stereocenters. The van der Waals surface area contributed by atoms with E-state index in [9.17, 15) is 4.39 Å². The van der Waals surface area contributed by atoms with Crippen molar-refractivity contribution in [1.29, 1.82) is 0 Å². The SMILES string of the molecule is CNCCN(C)Cc1cc(-c2cc(NCCc3ccc(OC)cc3)nc(OC)n2)ccc1F. The van der Waals surface area contributed by atoms with E-state index in [0.717, 1.165) is 30.8 Å². The molecule has 3 rings (SSSR count). The third-order valence-corrected chi connectivity index (χ3v) is 5.29. The fourth-order valence-corrected chi connectivity index (χ4v) is 3.41. The van der Waals surface area contributed by atoms with E-state index in [2.05, 4.69) is 25.5 Å². The molecule has 0 bridgehead atoms. The predicted octanol–water partition coefficient (Wildman–Crippen LogP) is 3.61. The molecular weight excluding hydrogens is 421 g/mol. The van der Waals surface area contributed by atoms with E-state index in [0.29, 0.717) is 30.2 Å². The van der Waals surface area contributed by atoms with Gasteiger partial charge in [0.1, 0.15) is 17.4 Å². The van der Waals surface area contributed by atoms with Crippen LogP contribution in [0.4, 0.5) is 10.2 Å². The monoisotopic (exact) mass is 453 g/mol. The zero-order valence-corrected chi connectivity index (χ0v) is 19.7. The number of methoxy groups -OCH3 is 2. The van der Waals surface area contributed by atoms with E-state index in [-0.39, 0.29) is 11.8 Å². The first-order chi connectivity index (χ1) is 16.0. The molecule has 0 unspecified atom stereocenters. The maximum atomic E-state index is 14.4. The lowest BCUT2D eigenvalue weighted by Crippen LogP contribution is -2.27. The van der Waals surface area contributed by atoms with Gasteiger partial charge in [0.15, 0.2) is 0 Å². The first-order valence-corrected chi connectivity index (χ1v) is 10.9. The highest BCUT2D eigenvalue weighted by Gasteiger charge is 2.12. The van der Waals surface area contributed by atoms with Gasteiger partial charge in [0, 0.05) is 43.4 Å². The van der Waals surface area contributed by atoms with Crippen molar-refractivity contribution in [3.8, 4) is 23.0 Å². The Balaban J connectivity index is 1.73. The van der Waals surface area contributed by atoms with E-state index >= 15 is 0 Å². The van der Waals surface area contributed by atoms with E-state index in [1.807, 2.05) is 50.5 Å². The van der Waals surface area contributed by atoms with Crippen LogP contribution >= 0.6 is 0 Å². The molecule has 0 aliphatic rings. The highest BCUT2D eigenvalue weighted by atomic mass is 19.1. The van der Waals surface area contributed by atoms with Gasteiger partial charge >= 0.3 is 6.01 Å². The number of halogens is 1. The summed E-state index contributed by atoms with van der Waals surface area (Å²) in [6, 6.07) is 15.2. The van der Waals surface area contributed by atoms with Crippen LogP contribution in [-0.4, -0.2) is 62.8 Å². The minimum atomic E-state index is -0.228. The van der Waals surface area contributed by atoms with Crippen LogP contribution in [-0.2, 0) is 13.0 Å². The van der Waals surface area contributed by atoms with Crippen LogP contribution in [0.1, 0.15) is 11.1 Å². The summed E-state index contributed by atoms with van der Waals surface area (Å²) in [5, 5.41) is 6.44. The number of hydrogen-bond donors (Lipinski definition) is 2. The Morgan fingerprint density at radius 3 is 2.45 bits per heavy atom. The van der Waals surface area contributed by atoms with Crippen LogP contribution in [0.5, 0.6) is 11.8 Å². The molecule has 1 heterocycles. The number of nitrogens with one attached hydrogen (secondary N) is 2. The minimum absolute atomic E-state index is 0.228. The number of hydrogen-bond acceptors (Lipinski definition) is 7. The maximum Gasteiger partial charge on any atom is 0.318 e. The molecule has 176 valence electrons. The summed E-state index contributed by atoms with van der Waals surface area (Å²) < 4.78 is 25.0. The second-order valence-electron chi connectivity index (χ2n) is 7.80. The fraction of sp³-hybridized carbons (Fsp3) is 0.360. The topological polar surface area (TPSA) is 71.5 Å². The summed E-state index contributed by atoms with van der Waals surface area (Å²) in [5.74, 6) is 1.26. The zero-order valence-electron chi connectivity index (χ0n) is 19.7. The Labute approximate surface area is 195 Å². The van der Waals surface area contributed by atoms with Crippen LogP contribution in [0, 0.1) is 5.82 Å². The van der Waals surface area contributed by atoms with Crippen LogP contribution in [0.15, 0.2) is 48.5 Å². The molecule has 0 radical (unpaired) electrons. The van der Waals surface area contributed by atoms with Crippen LogP contribution in [0.25, 0.3) is 11.3 Å². The predicted molar refractivity (Wildman–Crippen MR) is 129 cm³/mol. The molecule has 1 aromatic heterocycles. The summed E-state index contributed by atoms with van der Waals surface area (Å²) in [4.78, 5) is 11.0. The summed E-state index contributed by atoms with van der Waals surface area (Å²) in [6.07, 6.45) is 0.825. The summed E-state index contributed by atoms with van der Waals surface area (Å²) in [7, 11) is 7.07. The molecular formula is C25H32FN5O2. The van der Waals surface area contributed by atoms with Crippen LogP contribution in [0.3, 0.4) is 0 Å². The molecule has 0 saturated carbocycles. The normalized spacial score (nSPS) is 11.0. The Morgan fingerprint density at radius 1 is 0.970 bits per heavy atom. The number of ether oxygens (including phenoxy) is 2. The van der Waals surface area contributed by atoms with Gasteiger partial charge in [0.05, 0.1) is 19.9 Å². The Hall–Kier alpha value is -3.23. The highest BCUT2D eigenvalue weighted by molar-refractivity contribution is 5.64. The second-order valence-corrected chi connectivity index (χ2v) is 7.80. The third-order valence-electron chi connectivity index (χ3n) is 5.29. The number of rotatable bonds is 12. The van der Waals surface area contributed by atoms with E-state index in [1.54, 1.807) is 13.2 Å². The smallest absolute Gasteiger partial charge is 0.318 e. The third kappa shape index (κ3) is 7.13. The molecule has 7 nitrogen and oxygen atoms in total. The largest absolute Gasteiger partial charge is 0.497 e. The van der Waals surface area contributed by atoms with Gasteiger partial charge in [-0.25, -0.2) is 4.39 Å². The molecule has 2 aromatic carbocycles. The summed E-state index contributed by atoms with van der Waals surface area (Å²) in [6.45, 7) is 2.86. The number of anilines is 1. The van der Waals surface area contributed by atoms with Gasteiger partial charge in [-0.3, -0.25) is 0 Å². The molecule has 8 heteroatoms. The van der Waals surface area contributed by atoms with E-state index < -0.39 is 0 Å². The molecule has 2 N–H and O–H groups in total.